The molecular weight excluding hydrogens is 347 g/mol. The molecule has 0 spiro atoms. The molecule has 1 heterocycles. The molecule has 1 N–H and O–H groups in total. The lowest BCUT2D eigenvalue weighted by atomic mass is 10.3. The monoisotopic (exact) mass is 360 g/mol. The number of benzene rings is 1. The van der Waals surface area contributed by atoms with Crippen molar-refractivity contribution in [3.8, 4) is 0 Å². The maximum absolute atomic E-state index is 11.8. The van der Waals surface area contributed by atoms with Crippen molar-refractivity contribution in [1.82, 2.24) is 4.98 Å². The van der Waals surface area contributed by atoms with Crippen molar-refractivity contribution < 1.29 is 14.3 Å². The Morgan fingerprint density at radius 3 is 2.82 bits per heavy atom. The fourth-order valence-electron chi connectivity index (χ4n) is 1.73. The molecule has 0 saturated carbocycles. The Hall–Kier alpha value is -1.34. The first kappa shape index (κ1) is 17.0. The fourth-order valence-corrected chi connectivity index (χ4v) is 3.01. The Kier molecular flexibility index (Phi) is 6.02. The number of esters is 1. The Morgan fingerprint density at radius 1 is 1.36 bits per heavy atom. The smallest absolute Gasteiger partial charge is 0.350 e. The van der Waals surface area contributed by atoms with Crippen molar-refractivity contribution in [2.24, 2.45) is 0 Å². The highest BCUT2D eigenvalue weighted by Gasteiger charge is 2.19. The maximum Gasteiger partial charge on any atom is 0.350 e. The number of anilines is 2. The van der Waals surface area contributed by atoms with Crippen LogP contribution in [0.15, 0.2) is 18.2 Å². The van der Waals surface area contributed by atoms with Crippen LogP contribution in [0.3, 0.4) is 0 Å². The molecular formula is C14H14Cl2N2O3S. The van der Waals surface area contributed by atoms with Gasteiger partial charge < -0.3 is 14.8 Å². The van der Waals surface area contributed by atoms with E-state index in [2.05, 4.69) is 10.3 Å². The van der Waals surface area contributed by atoms with Crippen molar-refractivity contribution in [2.75, 3.05) is 26.1 Å². The Morgan fingerprint density at radius 2 is 2.14 bits per heavy atom. The molecule has 0 aliphatic carbocycles. The molecule has 0 fully saturated rings. The van der Waals surface area contributed by atoms with Crippen LogP contribution in [-0.2, 0) is 15.9 Å². The predicted molar refractivity (Wildman–Crippen MR) is 88.8 cm³/mol. The SMILES string of the molecule is COCCc1nc(Nc2cc(Cl)ccc2Cl)sc1C(=O)OC. The molecule has 0 unspecified atom stereocenters. The number of thiazole rings is 1. The van der Waals surface area contributed by atoms with Crippen LogP contribution in [0, 0.1) is 0 Å². The minimum absolute atomic E-state index is 0.422. The highest BCUT2D eigenvalue weighted by molar-refractivity contribution is 7.17. The molecule has 0 saturated heterocycles. The zero-order valence-electron chi connectivity index (χ0n) is 12.0. The number of ether oxygens (including phenoxy) is 2. The molecule has 2 aromatic rings. The summed E-state index contributed by atoms with van der Waals surface area (Å²) < 4.78 is 9.81. The molecule has 118 valence electrons. The molecule has 2 rings (SSSR count). The van der Waals surface area contributed by atoms with Crippen LogP contribution in [0.2, 0.25) is 10.0 Å². The minimum Gasteiger partial charge on any atom is -0.465 e. The van der Waals surface area contributed by atoms with E-state index in [-0.39, 0.29) is 0 Å². The number of carbonyl (C=O) groups is 1. The lowest BCUT2D eigenvalue weighted by Crippen LogP contribution is -2.05. The quantitative estimate of drug-likeness (QED) is 0.783. The van der Waals surface area contributed by atoms with Crippen molar-refractivity contribution in [2.45, 2.75) is 6.42 Å². The Balaban J connectivity index is 2.29. The van der Waals surface area contributed by atoms with Crippen LogP contribution in [-0.4, -0.2) is 31.8 Å². The van der Waals surface area contributed by atoms with Gasteiger partial charge in [-0.05, 0) is 18.2 Å². The summed E-state index contributed by atoms with van der Waals surface area (Å²) in [5.74, 6) is -0.422. The first-order chi connectivity index (χ1) is 10.5. The van der Waals surface area contributed by atoms with E-state index in [0.717, 1.165) is 0 Å². The molecule has 1 aromatic heterocycles. The van der Waals surface area contributed by atoms with Gasteiger partial charge in [-0.25, -0.2) is 9.78 Å². The summed E-state index contributed by atoms with van der Waals surface area (Å²) in [7, 11) is 2.93. The summed E-state index contributed by atoms with van der Waals surface area (Å²) in [6.45, 7) is 0.463. The van der Waals surface area contributed by atoms with Crippen LogP contribution in [0.4, 0.5) is 10.8 Å². The van der Waals surface area contributed by atoms with Crippen LogP contribution in [0.5, 0.6) is 0 Å². The normalized spacial score (nSPS) is 10.5. The standard InChI is InChI=1S/C14H14Cl2N2O3S/c1-20-6-5-10-12(13(19)21-2)22-14(17-10)18-11-7-8(15)3-4-9(11)16/h3-4,7H,5-6H2,1-2H3,(H,17,18). The first-order valence-electron chi connectivity index (χ1n) is 6.34. The van der Waals surface area contributed by atoms with Gasteiger partial charge in [0.25, 0.3) is 0 Å². The minimum atomic E-state index is -0.422. The second kappa shape index (κ2) is 7.78. The number of rotatable bonds is 6. The van der Waals surface area contributed by atoms with Crippen molar-refractivity contribution in [3.05, 3.63) is 38.8 Å². The van der Waals surface area contributed by atoms with E-state index in [0.29, 0.717) is 44.5 Å². The molecule has 0 bridgehead atoms. The third-order valence-corrected chi connectivity index (χ3v) is 4.34. The van der Waals surface area contributed by atoms with Gasteiger partial charge in [-0.15, -0.1) is 0 Å². The third-order valence-electron chi connectivity index (χ3n) is 2.78. The van der Waals surface area contributed by atoms with Gasteiger partial charge in [-0.2, -0.15) is 0 Å². The molecule has 22 heavy (non-hydrogen) atoms. The number of hydrogen-bond donors (Lipinski definition) is 1. The number of carbonyl (C=O) groups excluding carboxylic acids is 1. The number of nitrogens with one attached hydrogen (secondary N) is 1. The third kappa shape index (κ3) is 4.10. The number of hydrogen-bond acceptors (Lipinski definition) is 6. The Bertz CT molecular complexity index is 676. The molecule has 5 nitrogen and oxygen atoms in total. The second-order valence-corrected chi connectivity index (χ2v) is 6.12. The average molecular weight is 361 g/mol. The van der Waals surface area contributed by atoms with Crippen molar-refractivity contribution in [1.29, 1.82) is 0 Å². The second-order valence-electron chi connectivity index (χ2n) is 4.28. The van der Waals surface area contributed by atoms with E-state index in [1.54, 1.807) is 25.3 Å². The first-order valence-corrected chi connectivity index (χ1v) is 7.91. The van der Waals surface area contributed by atoms with Crippen LogP contribution < -0.4 is 5.32 Å². The van der Waals surface area contributed by atoms with Gasteiger partial charge in [0.2, 0.25) is 0 Å². The summed E-state index contributed by atoms with van der Waals surface area (Å²) in [6.07, 6.45) is 0.516. The highest BCUT2D eigenvalue weighted by Crippen LogP contribution is 2.32. The summed E-state index contributed by atoms with van der Waals surface area (Å²) in [5, 5.41) is 4.67. The van der Waals surface area contributed by atoms with Gasteiger partial charge in [0.15, 0.2) is 5.13 Å². The van der Waals surface area contributed by atoms with Crippen LogP contribution in [0.1, 0.15) is 15.4 Å². The summed E-state index contributed by atoms with van der Waals surface area (Å²) in [4.78, 5) is 16.7. The fraction of sp³-hybridized carbons (Fsp3) is 0.286. The number of aromatic nitrogens is 1. The van der Waals surface area contributed by atoms with E-state index >= 15 is 0 Å². The van der Waals surface area contributed by atoms with Crippen molar-refractivity contribution in [3.63, 3.8) is 0 Å². The molecule has 0 atom stereocenters. The predicted octanol–water partition coefficient (Wildman–Crippen LogP) is 4.17. The topological polar surface area (TPSA) is 60.5 Å². The van der Waals surface area contributed by atoms with E-state index in [1.165, 1.54) is 18.4 Å². The maximum atomic E-state index is 11.8. The number of nitrogens with zero attached hydrogens (tertiary/aromatic N) is 1. The van der Waals surface area contributed by atoms with Gasteiger partial charge in [0, 0.05) is 18.6 Å². The summed E-state index contributed by atoms with van der Waals surface area (Å²) >= 11 is 13.3. The average Bonchev–Trinajstić information content (AvgIpc) is 2.91. The van der Waals surface area contributed by atoms with E-state index in [4.69, 9.17) is 32.7 Å². The van der Waals surface area contributed by atoms with Crippen LogP contribution >= 0.6 is 34.5 Å². The van der Waals surface area contributed by atoms with E-state index in [9.17, 15) is 4.79 Å². The van der Waals surface area contributed by atoms with E-state index in [1.807, 2.05) is 0 Å². The molecule has 1 aromatic carbocycles. The number of methoxy groups -OCH3 is 2. The zero-order valence-corrected chi connectivity index (χ0v) is 14.3. The highest BCUT2D eigenvalue weighted by atomic mass is 35.5. The van der Waals surface area contributed by atoms with Gasteiger partial charge in [0.05, 0.1) is 30.1 Å². The Labute approximate surface area is 142 Å². The lowest BCUT2D eigenvalue weighted by molar-refractivity contribution is 0.0604. The van der Waals surface area contributed by atoms with Gasteiger partial charge >= 0.3 is 5.97 Å². The van der Waals surface area contributed by atoms with Gasteiger partial charge in [-0.1, -0.05) is 34.5 Å². The van der Waals surface area contributed by atoms with Gasteiger partial charge in [0.1, 0.15) is 4.88 Å². The zero-order chi connectivity index (χ0) is 16.1. The van der Waals surface area contributed by atoms with Crippen LogP contribution in [0.25, 0.3) is 0 Å². The summed E-state index contributed by atoms with van der Waals surface area (Å²) in [6, 6.07) is 5.08. The lowest BCUT2D eigenvalue weighted by Gasteiger charge is -2.05. The van der Waals surface area contributed by atoms with E-state index < -0.39 is 5.97 Å². The molecule has 0 aliphatic rings. The largest absolute Gasteiger partial charge is 0.465 e. The molecule has 0 radical (unpaired) electrons. The van der Waals surface area contributed by atoms with Crippen molar-refractivity contribution >= 4 is 51.3 Å². The molecule has 8 heteroatoms. The summed E-state index contributed by atoms with van der Waals surface area (Å²) in [5.41, 5.74) is 1.25. The molecule has 0 amide bonds. The van der Waals surface area contributed by atoms with Gasteiger partial charge in [-0.3, -0.25) is 0 Å². The number of halogens is 2. The molecule has 0 aliphatic heterocycles.